The number of thiophene rings is 1. The fourth-order valence-corrected chi connectivity index (χ4v) is 3.98. The van der Waals surface area contributed by atoms with Crippen LogP contribution in [0, 0.1) is 0 Å². The Balaban J connectivity index is 1.69. The van der Waals surface area contributed by atoms with E-state index in [1.807, 2.05) is 17.5 Å². The summed E-state index contributed by atoms with van der Waals surface area (Å²) in [7, 11) is 0. The fourth-order valence-electron chi connectivity index (χ4n) is 2.64. The summed E-state index contributed by atoms with van der Waals surface area (Å²) in [5.41, 5.74) is 0.658. The van der Waals surface area contributed by atoms with Crippen molar-refractivity contribution in [2.24, 2.45) is 0 Å². The van der Waals surface area contributed by atoms with Gasteiger partial charge in [-0.25, -0.2) is 4.79 Å². The fraction of sp³-hybridized carbons (Fsp3) is 0.533. The number of rotatable bonds is 3. The molecular formula is C15H18N2O2S2. The summed E-state index contributed by atoms with van der Waals surface area (Å²) >= 11 is 2.69. The first-order valence-electron chi connectivity index (χ1n) is 7.42. The smallest absolute Gasteiger partial charge is 0.352 e. The Morgan fingerprint density at radius 2 is 1.95 bits per heavy atom. The Labute approximate surface area is 132 Å². The summed E-state index contributed by atoms with van der Waals surface area (Å²) in [5, 5.41) is 6.06. The lowest BCUT2D eigenvalue weighted by atomic mass is 9.98. The van der Waals surface area contributed by atoms with Gasteiger partial charge < -0.3 is 4.74 Å². The summed E-state index contributed by atoms with van der Waals surface area (Å²) in [6.45, 7) is 0. The molecule has 1 fully saturated rings. The lowest BCUT2D eigenvalue weighted by molar-refractivity contribution is 0.0245. The molecule has 21 heavy (non-hydrogen) atoms. The summed E-state index contributed by atoms with van der Waals surface area (Å²) in [6, 6.07) is 3.90. The summed E-state index contributed by atoms with van der Waals surface area (Å²) in [6.07, 6.45) is 8.11. The van der Waals surface area contributed by atoms with Crippen LogP contribution in [-0.2, 0) is 4.74 Å². The van der Waals surface area contributed by atoms with E-state index in [-0.39, 0.29) is 12.1 Å². The Morgan fingerprint density at radius 1 is 1.19 bits per heavy atom. The molecule has 0 aliphatic heterocycles. The van der Waals surface area contributed by atoms with Gasteiger partial charge in [0.05, 0.1) is 4.88 Å². The maximum absolute atomic E-state index is 12.4. The van der Waals surface area contributed by atoms with Gasteiger partial charge >= 0.3 is 5.97 Å². The van der Waals surface area contributed by atoms with E-state index in [4.69, 9.17) is 4.74 Å². The molecule has 4 nitrogen and oxygen atoms in total. The van der Waals surface area contributed by atoms with E-state index in [2.05, 4.69) is 9.59 Å². The van der Waals surface area contributed by atoms with Crippen molar-refractivity contribution in [3.05, 3.63) is 22.4 Å². The van der Waals surface area contributed by atoms with Crippen LogP contribution in [0.5, 0.6) is 0 Å². The Hall–Kier alpha value is -1.27. The van der Waals surface area contributed by atoms with Crippen molar-refractivity contribution in [1.29, 1.82) is 0 Å². The van der Waals surface area contributed by atoms with E-state index in [0.29, 0.717) is 10.6 Å². The van der Waals surface area contributed by atoms with Gasteiger partial charge in [-0.3, -0.25) is 0 Å². The highest BCUT2D eigenvalue weighted by molar-refractivity contribution is 7.14. The summed E-state index contributed by atoms with van der Waals surface area (Å²) < 4.78 is 9.63. The third-order valence-electron chi connectivity index (χ3n) is 3.75. The molecular weight excluding hydrogens is 304 g/mol. The quantitative estimate of drug-likeness (QED) is 0.779. The standard InChI is InChI=1S/C15H18N2O2S2/c18-15(19-11-7-4-2-1-3-5-8-11)14-13(16-17-21-14)12-9-6-10-20-12/h6,9-11H,1-5,7-8H2. The maximum Gasteiger partial charge on any atom is 0.352 e. The Kier molecular flexibility index (Phi) is 4.98. The van der Waals surface area contributed by atoms with Crippen LogP contribution in [0.15, 0.2) is 17.5 Å². The number of carbonyl (C=O) groups excluding carboxylic acids is 1. The van der Waals surface area contributed by atoms with E-state index >= 15 is 0 Å². The molecule has 0 unspecified atom stereocenters. The van der Waals surface area contributed by atoms with Crippen LogP contribution in [0.2, 0.25) is 0 Å². The predicted molar refractivity (Wildman–Crippen MR) is 84.7 cm³/mol. The van der Waals surface area contributed by atoms with Gasteiger partial charge in [0, 0.05) is 0 Å². The molecule has 1 aliphatic carbocycles. The molecule has 0 radical (unpaired) electrons. The molecule has 2 heterocycles. The van der Waals surface area contributed by atoms with E-state index in [1.54, 1.807) is 11.3 Å². The van der Waals surface area contributed by atoms with Crippen LogP contribution in [-0.4, -0.2) is 21.7 Å². The molecule has 0 N–H and O–H groups in total. The van der Waals surface area contributed by atoms with Crippen LogP contribution in [0.1, 0.15) is 54.6 Å². The lowest BCUT2D eigenvalue weighted by Gasteiger charge is -2.19. The molecule has 1 saturated carbocycles. The second kappa shape index (κ2) is 7.13. The molecule has 2 aromatic rings. The first-order valence-corrected chi connectivity index (χ1v) is 9.07. The number of hydrogen-bond acceptors (Lipinski definition) is 6. The summed E-state index contributed by atoms with van der Waals surface area (Å²) in [5.74, 6) is -0.265. The molecule has 0 aromatic carbocycles. The molecule has 112 valence electrons. The second-order valence-electron chi connectivity index (χ2n) is 5.30. The number of ether oxygens (including phenoxy) is 1. The Bertz CT molecular complexity index is 572. The monoisotopic (exact) mass is 322 g/mol. The number of hydrogen-bond donors (Lipinski definition) is 0. The van der Waals surface area contributed by atoms with Crippen molar-refractivity contribution < 1.29 is 9.53 Å². The first kappa shape index (κ1) is 14.7. The number of nitrogens with zero attached hydrogens (tertiary/aromatic N) is 2. The van der Waals surface area contributed by atoms with Crippen LogP contribution in [0.25, 0.3) is 10.6 Å². The van der Waals surface area contributed by atoms with Crippen LogP contribution in [0.4, 0.5) is 0 Å². The van der Waals surface area contributed by atoms with Gasteiger partial charge in [-0.1, -0.05) is 29.8 Å². The highest BCUT2D eigenvalue weighted by Crippen LogP contribution is 2.29. The van der Waals surface area contributed by atoms with E-state index < -0.39 is 0 Å². The maximum atomic E-state index is 12.4. The summed E-state index contributed by atoms with van der Waals surface area (Å²) in [4.78, 5) is 13.9. The van der Waals surface area contributed by atoms with Crippen molar-refractivity contribution in [2.45, 2.75) is 51.0 Å². The SMILES string of the molecule is O=C(OC1CCCCCCC1)c1snnc1-c1cccs1. The molecule has 0 bridgehead atoms. The van der Waals surface area contributed by atoms with Crippen molar-refractivity contribution in [3.63, 3.8) is 0 Å². The minimum atomic E-state index is -0.265. The van der Waals surface area contributed by atoms with Gasteiger partial charge in [0.25, 0.3) is 0 Å². The second-order valence-corrected chi connectivity index (χ2v) is 7.00. The van der Waals surface area contributed by atoms with Crippen molar-refractivity contribution in [2.75, 3.05) is 0 Å². The highest BCUT2D eigenvalue weighted by Gasteiger charge is 2.23. The lowest BCUT2D eigenvalue weighted by Crippen LogP contribution is -2.19. The number of aromatic nitrogens is 2. The zero-order valence-electron chi connectivity index (χ0n) is 11.8. The average molecular weight is 322 g/mol. The first-order chi connectivity index (χ1) is 10.3. The van der Waals surface area contributed by atoms with Gasteiger partial charge in [-0.2, -0.15) is 0 Å². The van der Waals surface area contributed by atoms with Crippen molar-refractivity contribution >= 4 is 28.8 Å². The van der Waals surface area contributed by atoms with Gasteiger partial charge in [0.15, 0.2) is 4.88 Å². The van der Waals surface area contributed by atoms with Crippen molar-refractivity contribution in [1.82, 2.24) is 9.59 Å². The predicted octanol–water partition coefficient (Wildman–Crippen LogP) is 4.54. The molecule has 0 saturated heterocycles. The highest BCUT2D eigenvalue weighted by atomic mass is 32.1. The van der Waals surface area contributed by atoms with E-state index in [9.17, 15) is 4.79 Å². The van der Waals surface area contributed by atoms with Gasteiger partial charge in [-0.05, 0) is 48.7 Å². The van der Waals surface area contributed by atoms with Crippen LogP contribution >= 0.6 is 22.9 Å². The Morgan fingerprint density at radius 3 is 2.67 bits per heavy atom. The van der Waals surface area contributed by atoms with E-state index in [0.717, 1.165) is 42.1 Å². The molecule has 2 aromatic heterocycles. The molecule has 0 atom stereocenters. The van der Waals surface area contributed by atoms with Gasteiger partial charge in [-0.15, -0.1) is 16.4 Å². The van der Waals surface area contributed by atoms with Crippen molar-refractivity contribution in [3.8, 4) is 10.6 Å². The third-order valence-corrected chi connectivity index (χ3v) is 5.34. The number of carbonyl (C=O) groups is 1. The minimum absolute atomic E-state index is 0.0519. The minimum Gasteiger partial charge on any atom is -0.458 e. The zero-order chi connectivity index (χ0) is 14.5. The van der Waals surface area contributed by atoms with Gasteiger partial charge in [0.1, 0.15) is 11.8 Å². The van der Waals surface area contributed by atoms with Crippen LogP contribution < -0.4 is 0 Å². The molecule has 1 aliphatic rings. The average Bonchev–Trinajstić information content (AvgIpc) is 3.10. The zero-order valence-corrected chi connectivity index (χ0v) is 13.4. The van der Waals surface area contributed by atoms with Crippen LogP contribution in [0.3, 0.4) is 0 Å². The molecule has 0 amide bonds. The van der Waals surface area contributed by atoms with Gasteiger partial charge in [0.2, 0.25) is 0 Å². The van der Waals surface area contributed by atoms with E-state index in [1.165, 1.54) is 19.3 Å². The topological polar surface area (TPSA) is 52.1 Å². The molecule has 6 heteroatoms. The largest absolute Gasteiger partial charge is 0.458 e. The molecule has 0 spiro atoms. The number of esters is 1. The normalized spacial score (nSPS) is 17.1. The third kappa shape index (κ3) is 3.68. The molecule has 3 rings (SSSR count).